The zero-order valence-corrected chi connectivity index (χ0v) is 20.3. The predicted octanol–water partition coefficient (Wildman–Crippen LogP) is 4.60. The molecular formula is C25H24N4O2S2. The number of hydrogen-bond acceptors (Lipinski definition) is 5. The second-order valence-corrected chi connectivity index (χ2v) is 10.3. The topological polar surface area (TPSA) is 60.1 Å². The van der Waals surface area contributed by atoms with Crippen molar-refractivity contribution in [1.82, 2.24) is 19.0 Å². The zero-order valence-electron chi connectivity index (χ0n) is 18.7. The number of nitrogens with zero attached hydrogens (tertiary/aromatic N) is 4. The Hall–Kier alpha value is -3.10. The van der Waals surface area contributed by atoms with Crippen LogP contribution in [0, 0.1) is 6.92 Å². The SMILES string of the molecule is Cc1cc(=O)c(C(=O)N(C)Cc2nccn2C)c2n1-c1ccccc1SC(c1ccsc1)C2. The molecule has 0 fully saturated rings. The van der Waals surface area contributed by atoms with Gasteiger partial charge in [-0.25, -0.2) is 4.98 Å². The highest BCUT2D eigenvalue weighted by Crippen LogP contribution is 2.44. The molecule has 3 aromatic heterocycles. The van der Waals surface area contributed by atoms with Gasteiger partial charge in [0, 0.05) is 60.5 Å². The molecule has 0 aliphatic carbocycles. The molecule has 1 aliphatic rings. The van der Waals surface area contributed by atoms with Crippen molar-refractivity contribution < 1.29 is 4.79 Å². The van der Waals surface area contributed by atoms with E-state index in [1.54, 1.807) is 47.3 Å². The molecule has 4 aromatic rings. The number of carbonyl (C=O) groups excluding carboxylic acids is 1. The zero-order chi connectivity index (χ0) is 23.1. The van der Waals surface area contributed by atoms with Crippen molar-refractivity contribution in [3.63, 3.8) is 0 Å². The summed E-state index contributed by atoms with van der Waals surface area (Å²) < 4.78 is 3.98. The van der Waals surface area contributed by atoms with E-state index < -0.39 is 0 Å². The minimum Gasteiger partial charge on any atom is -0.337 e. The van der Waals surface area contributed by atoms with Crippen LogP contribution in [0.3, 0.4) is 0 Å². The number of pyridine rings is 1. The molecule has 5 rings (SSSR count). The van der Waals surface area contributed by atoms with Gasteiger partial charge >= 0.3 is 0 Å². The first kappa shape index (κ1) is 21.7. The van der Waals surface area contributed by atoms with E-state index in [0.717, 1.165) is 27.8 Å². The summed E-state index contributed by atoms with van der Waals surface area (Å²) in [6, 6.07) is 11.9. The first-order valence-electron chi connectivity index (χ1n) is 10.7. The Kier molecular flexibility index (Phi) is 5.72. The summed E-state index contributed by atoms with van der Waals surface area (Å²) in [5.74, 6) is 0.487. The van der Waals surface area contributed by atoms with Crippen LogP contribution in [0.15, 0.2) is 69.2 Å². The molecule has 1 amide bonds. The number of rotatable bonds is 4. The lowest BCUT2D eigenvalue weighted by atomic mass is 10.0. The molecule has 1 atom stereocenters. The van der Waals surface area contributed by atoms with Crippen molar-refractivity contribution in [3.8, 4) is 5.69 Å². The van der Waals surface area contributed by atoms with Gasteiger partial charge in [-0.05, 0) is 41.4 Å². The number of aromatic nitrogens is 3. The summed E-state index contributed by atoms with van der Waals surface area (Å²) >= 11 is 3.45. The van der Waals surface area contributed by atoms with Crippen LogP contribution in [0.5, 0.6) is 0 Å². The Bertz CT molecular complexity index is 1390. The summed E-state index contributed by atoms with van der Waals surface area (Å²) in [6.45, 7) is 2.26. The number of imidazole rings is 1. The maximum absolute atomic E-state index is 13.7. The predicted molar refractivity (Wildman–Crippen MR) is 132 cm³/mol. The number of carbonyl (C=O) groups is 1. The number of aryl methyl sites for hydroxylation is 2. The van der Waals surface area contributed by atoms with Crippen molar-refractivity contribution in [1.29, 1.82) is 0 Å². The van der Waals surface area contributed by atoms with Gasteiger partial charge < -0.3 is 14.0 Å². The Balaban J connectivity index is 1.67. The van der Waals surface area contributed by atoms with E-state index in [4.69, 9.17) is 0 Å². The van der Waals surface area contributed by atoms with Gasteiger partial charge in [-0.3, -0.25) is 9.59 Å². The highest BCUT2D eigenvalue weighted by atomic mass is 32.2. The molecule has 168 valence electrons. The van der Waals surface area contributed by atoms with Crippen molar-refractivity contribution in [2.24, 2.45) is 7.05 Å². The van der Waals surface area contributed by atoms with Gasteiger partial charge in [0.05, 0.1) is 12.2 Å². The van der Waals surface area contributed by atoms with Crippen molar-refractivity contribution in [3.05, 3.63) is 98.1 Å². The van der Waals surface area contributed by atoms with Gasteiger partial charge in [0.15, 0.2) is 5.43 Å². The van der Waals surface area contributed by atoms with Crippen LogP contribution in [0.4, 0.5) is 0 Å². The lowest BCUT2D eigenvalue weighted by molar-refractivity contribution is 0.0777. The van der Waals surface area contributed by atoms with Crippen LogP contribution < -0.4 is 5.43 Å². The summed E-state index contributed by atoms with van der Waals surface area (Å²) in [7, 11) is 3.62. The quantitative estimate of drug-likeness (QED) is 0.432. The molecule has 0 saturated heterocycles. The molecule has 0 N–H and O–H groups in total. The lowest BCUT2D eigenvalue weighted by Gasteiger charge is -2.23. The second-order valence-electron chi connectivity index (χ2n) is 8.26. The monoisotopic (exact) mass is 476 g/mol. The van der Waals surface area contributed by atoms with Crippen LogP contribution in [0.2, 0.25) is 0 Å². The number of benzene rings is 1. The van der Waals surface area contributed by atoms with Gasteiger partial charge in [-0.15, -0.1) is 11.8 Å². The number of amides is 1. The molecule has 6 nitrogen and oxygen atoms in total. The number of hydrogen-bond donors (Lipinski definition) is 0. The van der Waals surface area contributed by atoms with Crippen molar-refractivity contribution in [2.75, 3.05) is 7.05 Å². The summed E-state index contributed by atoms with van der Waals surface area (Å²) in [4.78, 5) is 34.0. The fourth-order valence-electron chi connectivity index (χ4n) is 4.33. The Morgan fingerprint density at radius 1 is 1.27 bits per heavy atom. The van der Waals surface area contributed by atoms with Crippen LogP contribution in [-0.2, 0) is 20.0 Å². The van der Waals surface area contributed by atoms with E-state index in [0.29, 0.717) is 13.0 Å². The molecule has 1 unspecified atom stereocenters. The minimum absolute atomic E-state index is 0.110. The Morgan fingerprint density at radius 2 is 2.09 bits per heavy atom. The molecule has 8 heteroatoms. The van der Waals surface area contributed by atoms with Gasteiger partial charge in [0.2, 0.25) is 0 Å². The smallest absolute Gasteiger partial charge is 0.259 e. The molecular weight excluding hydrogens is 452 g/mol. The van der Waals surface area contributed by atoms with Gasteiger partial charge in [0.1, 0.15) is 11.4 Å². The second kappa shape index (κ2) is 8.68. The van der Waals surface area contributed by atoms with Gasteiger partial charge in [-0.2, -0.15) is 11.3 Å². The van der Waals surface area contributed by atoms with Crippen molar-refractivity contribution >= 4 is 29.0 Å². The van der Waals surface area contributed by atoms with E-state index in [9.17, 15) is 9.59 Å². The number of thioether (sulfide) groups is 1. The van der Waals surface area contributed by atoms with E-state index in [2.05, 4.69) is 38.5 Å². The average Bonchev–Trinajstić information content (AvgIpc) is 3.42. The van der Waals surface area contributed by atoms with Crippen LogP contribution in [-0.4, -0.2) is 32.0 Å². The third-order valence-corrected chi connectivity index (χ3v) is 8.05. The summed E-state index contributed by atoms with van der Waals surface area (Å²) in [5, 5.41) is 4.33. The van der Waals surface area contributed by atoms with Crippen LogP contribution >= 0.6 is 23.1 Å². The van der Waals surface area contributed by atoms with Gasteiger partial charge in [-0.1, -0.05) is 12.1 Å². The van der Waals surface area contributed by atoms with E-state index in [-0.39, 0.29) is 22.1 Å². The minimum atomic E-state index is -0.278. The fraction of sp³-hybridized carbons (Fsp3) is 0.240. The van der Waals surface area contributed by atoms with Crippen LogP contribution in [0.1, 0.15) is 38.4 Å². The molecule has 0 radical (unpaired) electrons. The molecule has 4 heterocycles. The summed E-state index contributed by atoms with van der Waals surface area (Å²) in [6.07, 6.45) is 4.14. The standard InChI is InChI=1S/C25H24N4O2S2/c1-16-12-20(30)24(25(31)28(3)14-23-26-9-10-27(23)2)19-13-22(17-8-11-32-15-17)33-21-7-5-4-6-18(21)29(16)19/h4-12,15,22H,13-14H2,1-3H3. The normalized spacial score (nSPS) is 14.9. The summed E-state index contributed by atoms with van der Waals surface area (Å²) in [5.41, 5.74) is 3.83. The van der Waals surface area contributed by atoms with E-state index >= 15 is 0 Å². The Morgan fingerprint density at radius 3 is 2.82 bits per heavy atom. The third kappa shape index (κ3) is 3.94. The number of para-hydroxylation sites is 1. The van der Waals surface area contributed by atoms with E-state index in [1.165, 1.54) is 5.56 Å². The Labute approximate surface area is 200 Å². The molecule has 0 saturated carbocycles. The maximum Gasteiger partial charge on any atom is 0.259 e. The van der Waals surface area contributed by atoms with Crippen LogP contribution in [0.25, 0.3) is 5.69 Å². The first-order valence-corrected chi connectivity index (χ1v) is 12.5. The van der Waals surface area contributed by atoms with Gasteiger partial charge in [0.25, 0.3) is 5.91 Å². The molecule has 1 aliphatic heterocycles. The number of thiophene rings is 1. The third-order valence-electron chi connectivity index (χ3n) is 6.03. The molecule has 1 aromatic carbocycles. The highest BCUT2D eigenvalue weighted by molar-refractivity contribution is 7.99. The molecule has 0 bridgehead atoms. The molecule has 33 heavy (non-hydrogen) atoms. The lowest BCUT2D eigenvalue weighted by Crippen LogP contribution is -2.34. The highest BCUT2D eigenvalue weighted by Gasteiger charge is 2.30. The largest absolute Gasteiger partial charge is 0.337 e. The molecule has 0 spiro atoms. The number of fused-ring (bicyclic) bond motifs is 3. The van der Waals surface area contributed by atoms with Crippen molar-refractivity contribution in [2.45, 2.75) is 30.0 Å². The fourth-order valence-corrected chi connectivity index (χ4v) is 6.40. The maximum atomic E-state index is 13.7. The van der Waals surface area contributed by atoms with E-state index in [1.807, 2.05) is 36.9 Å². The average molecular weight is 477 g/mol. The first-order chi connectivity index (χ1) is 15.9.